The molecule has 0 radical (unpaired) electrons. The lowest BCUT2D eigenvalue weighted by atomic mass is 10.0. The minimum atomic E-state index is -1.18. The quantitative estimate of drug-likeness (QED) is 0.783. The van der Waals surface area contributed by atoms with Crippen molar-refractivity contribution < 1.29 is 18.5 Å². The van der Waals surface area contributed by atoms with Gasteiger partial charge in [-0.3, -0.25) is 13.8 Å². The van der Waals surface area contributed by atoms with Crippen molar-refractivity contribution in [3.8, 4) is 5.88 Å². The largest absolute Gasteiger partial charge is 0.481 e. The number of hydrogen-bond donors (Lipinski definition) is 0. The Labute approximate surface area is 155 Å². The molecule has 3 fully saturated rings. The van der Waals surface area contributed by atoms with E-state index in [-0.39, 0.29) is 17.6 Å². The zero-order valence-electron chi connectivity index (χ0n) is 14.8. The molecule has 0 N–H and O–H groups in total. The number of ether oxygens (including phenoxy) is 1. The molecule has 140 valence electrons. The average molecular weight is 377 g/mol. The third-order valence-electron chi connectivity index (χ3n) is 5.63. The molecule has 2 saturated heterocycles. The minimum absolute atomic E-state index is 0.00867. The van der Waals surface area contributed by atoms with Gasteiger partial charge >= 0.3 is 0 Å². The fourth-order valence-corrected chi connectivity index (χ4v) is 5.58. The average Bonchev–Trinajstić information content (AvgIpc) is 3.46. The van der Waals surface area contributed by atoms with Crippen LogP contribution in [-0.2, 0) is 15.6 Å². The summed E-state index contributed by atoms with van der Waals surface area (Å²) in [6.07, 6.45) is 4.98. The van der Waals surface area contributed by atoms with Crippen molar-refractivity contribution in [1.29, 1.82) is 0 Å². The molecular weight excluding hydrogens is 354 g/mol. The van der Waals surface area contributed by atoms with Gasteiger partial charge in [-0.05, 0) is 24.8 Å². The number of rotatable bonds is 4. The topological polar surface area (TPSA) is 79.8 Å². The first-order valence-corrected chi connectivity index (χ1v) is 10.3. The van der Waals surface area contributed by atoms with Crippen LogP contribution < -0.4 is 4.74 Å². The molecule has 1 spiro atoms. The first kappa shape index (κ1) is 17.5. The van der Waals surface area contributed by atoms with Crippen LogP contribution in [0.15, 0.2) is 18.3 Å². The summed E-state index contributed by atoms with van der Waals surface area (Å²) in [7, 11) is 0.348. The summed E-state index contributed by atoms with van der Waals surface area (Å²) >= 11 is 0. The van der Waals surface area contributed by atoms with Crippen LogP contribution in [-0.4, -0.2) is 68.2 Å². The Morgan fingerprint density at radius 2 is 2.08 bits per heavy atom. The molecule has 1 unspecified atom stereocenters. The summed E-state index contributed by atoms with van der Waals surface area (Å²) in [5.41, 5.74) is 0.514. The van der Waals surface area contributed by atoms with E-state index in [2.05, 4.69) is 4.98 Å². The summed E-state index contributed by atoms with van der Waals surface area (Å²) in [5, 5.41) is 0. The molecule has 0 bridgehead atoms. The molecule has 0 aromatic carbocycles. The highest BCUT2D eigenvalue weighted by Gasteiger charge is 2.54. The molecule has 3 heterocycles. The maximum atomic E-state index is 12.7. The lowest BCUT2D eigenvalue weighted by Gasteiger charge is -2.43. The smallest absolute Gasteiger partial charge is 0.255 e. The van der Waals surface area contributed by atoms with E-state index in [4.69, 9.17) is 4.74 Å². The zero-order chi connectivity index (χ0) is 18.3. The van der Waals surface area contributed by atoms with Crippen molar-refractivity contribution >= 4 is 22.6 Å². The van der Waals surface area contributed by atoms with E-state index in [0.717, 1.165) is 19.4 Å². The number of carbonyl (C=O) groups excluding carboxylic acids is 2. The number of nitrogens with zero attached hydrogens (tertiary/aromatic N) is 3. The van der Waals surface area contributed by atoms with E-state index in [9.17, 15) is 13.8 Å². The molecule has 8 heteroatoms. The summed E-state index contributed by atoms with van der Waals surface area (Å²) in [6.45, 7) is 1.73. The van der Waals surface area contributed by atoms with Gasteiger partial charge in [0.05, 0.1) is 23.5 Å². The maximum Gasteiger partial charge on any atom is 0.255 e. The monoisotopic (exact) mass is 377 g/mol. The SMILES string of the molecule is COc1ccc(C(=O)N2CCC3(CC2)N(CC2CC2)C(=O)CS3=O)cn1. The van der Waals surface area contributed by atoms with E-state index in [1.807, 2.05) is 4.90 Å². The van der Waals surface area contributed by atoms with Crippen LogP contribution in [0.3, 0.4) is 0 Å². The molecule has 2 aliphatic heterocycles. The van der Waals surface area contributed by atoms with Crippen LogP contribution in [0.1, 0.15) is 36.0 Å². The van der Waals surface area contributed by atoms with Crippen LogP contribution in [0.25, 0.3) is 0 Å². The molecular formula is C18H23N3O4S. The van der Waals surface area contributed by atoms with Gasteiger partial charge < -0.3 is 14.5 Å². The predicted octanol–water partition coefficient (Wildman–Crippen LogP) is 1.02. The standard InChI is InChI=1S/C18H23N3O4S/c1-25-15-5-4-14(10-19-15)17(23)20-8-6-18(7-9-20)21(11-13-2-3-13)16(22)12-26(18)24/h4-5,10,13H,2-3,6-9,11-12H2,1H3. The Balaban J connectivity index is 1.46. The second-order valence-corrected chi connectivity index (χ2v) is 9.00. The van der Waals surface area contributed by atoms with Crippen LogP contribution >= 0.6 is 0 Å². The second kappa shape index (κ2) is 6.64. The number of piperidine rings is 1. The lowest BCUT2D eigenvalue weighted by molar-refractivity contribution is -0.131. The van der Waals surface area contributed by atoms with Gasteiger partial charge in [-0.2, -0.15) is 0 Å². The van der Waals surface area contributed by atoms with Crippen molar-refractivity contribution in [3.63, 3.8) is 0 Å². The number of pyridine rings is 1. The summed E-state index contributed by atoms with van der Waals surface area (Å²) in [4.78, 5) is 32.2. The van der Waals surface area contributed by atoms with Gasteiger partial charge in [-0.1, -0.05) is 0 Å². The molecule has 1 atom stereocenters. The third kappa shape index (κ3) is 3.00. The van der Waals surface area contributed by atoms with E-state index in [0.29, 0.717) is 43.3 Å². The molecule has 3 aliphatic rings. The van der Waals surface area contributed by atoms with Gasteiger partial charge in [0.25, 0.3) is 5.91 Å². The van der Waals surface area contributed by atoms with E-state index < -0.39 is 15.7 Å². The highest BCUT2D eigenvalue weighted by Crippen LogP contribution is 2.41. The molecule has 1 aromatic heterocycles. The maximum absolute atomic E-state index is 12.7. The zero-order valence-corrected chi connectivity index (χ0v) is 15.7. The second-order valence-electron chi connectivity index (χ2n) is 7.27. The Morgan fingerprint density at radius 3 is 2.65 bits per heavy atom. The number of carbonyl (C=O) groups is 2. The summed E-state index contributed by atoms with van der Waals surface area (Å²) < 4.78 is 17.7. The van der Waals surface area contributed by atoms with Gasteiger partial charge in [0.1, 0.15) is 10.6 Å². The first-order valence-electron chi connectivity index (χ1n) is 9.02. The summed E-state index contributed by atoms with van der Waals surface area (Å²) in [6, 6.07) is 3.37. The van der Waals surface area contributed by atoms with Crippen LogP contribution in [0.5, 0.6) is 5.88 Å². The van der Waals surface area contributed by atoms with Crippen molar-refractivity contribution in [2.45, 2.75) is 30.6 Å². The Bertz CT molecular complexity index is 739. The third-order valence-corrected chi connectivity index (χ3v) is 7.62. The van der Waals surface area contributed by atoms with Crippen LogP contribution in [0, 0.1) is 5.92 Å². The van der Waals surface area contributed by atoms with Gasteiger partial charge in [-0.25, -0.2) is 4.98 Å². The molecule has 4 rings (SSSR count). The molecule has 7 nitrogen and oxygen atoms in total. The van der Waals surface area contributed by atoms with Gasteiger partial charge in [0.15, 0.2) is 0 Å². The normalized spacial score (nSPS) is 25.0. The number of amides is 2. The molecule has 1 aliphatic carbocycles. The van der Waals surface area contributed by atoms with E-state index in [1.165, 1.54) is 13.3 Å². The van der Waals surface area contributed by atoms with Gasteiger partial charge in [0.2, 0.25) is 11.8 Å². The summed E-state index contributed by atoms with van der Waals surface area (Å²) in [5.74, 6) is 1.09. The minimum Gasteiger partial charge on any atom is -0.481 e. The Kier molecular flexibility index (Phi) is 4.46. The highest BCUT2D eigenvalue weighted by atomic mass is 32.2. The molecule has 2 amide bonds. The number of methoxy groups -OCH3 is 1. The molecule has 1 aromatic rings. The van der Waals surface area contributed by atoms with Crippen molar-refractivity contribution in [2.24, 2.45) is 5.92 Å². The fourth-order valence-electron chi connectivity index (χ4n) is 3.87. The van der Waals surface area contributed by atoms with Crippen molar-refractivity contribution in [1.82, 2.24) is 14.8 Å². The number of aromatic nitrogens is 1. The number of likely N-dealkylation sites (tertiary alicyclic amines) is 1. The van der Waals surface area contributed by atoms with E-state index in [1.54, 1.807) is 17.0 Å². The molecule has 1 saturated carbocycles. The highest BCUT2D eigenvalue weighted by molar-refractivity contribution is 7.87. The Morgan fingerprint density at radius 1 is 1.35 bits per heavy atom. The Hall–Kier alpha value is -1.96. The van der Waals surface area contributed by atoms with Crippen molar-refractivity contribution in [3.05, 3.63) is 23.9 Å². The van der Waals surface area contributed by atoms with Gasteiger partial charge in [0, 0.05) is 44.7 Å². The van der Waals surface area contributed by atoms with Gasteiger partial charge in [-0.15, -0.1) is 0 Å². The van der Waals surface area contributed by atoms with Crippen molar-refractivity contribution in [2.75, 3.05) is 32.5 Å². The predicted molar refractivity (Wildman–Crippen MR) is 96.1 cm³/mol. The lowest BCUT2D eigenvalue weighted by Crippen LogP contribution is -2.56. The van der Waals surface area contributed by atoms with Crippen LogP contribution in [0.2, 0.25) is 0 Å². The first-order chi connectivity index (χ1) is 12.5. The molecule has 26 heavy (non-hydrogen) atoms. The number of hydrogen-bond acceptors (Lipinski definition) is 5. The fraction of sp³-hybridized carbons (Fsp3) is 0.611. The van der Waals surface area contributed by atoms with Crippen LogP contribution in [0.4, 0.5) is 0 Å². The van der Waals surface area contributed by atoms with E-state index >= 15 is 0 Å².